The molecule has 3 amide bonds. The molecule has 2 fully saturated rings. The zero-order valence-electron chi connectivity index (χ0n) is 20.9. The number of rotatable bonds is 8. The number of imide groups is 1. The van der Waals surface area contributed by atoms with Gasteiger partial charge in [0.1, 0.15) is 23.1 Å². The van der Waals surface area contributed by atoms with Crippen LogP contribution >= 0.6 is 0 Å². The monoisotopic (exact) mass is 525 g/mol. The lowest BCUT2D eigenvalue weighted by Gasteiger charge is -2.14. The van der Waals surface area contributed by atoms with Crippen LogP contribution in [0.25, 0.3) is 22.9 Å². The molecule has 0 radical (unpaired) electrons. The summed E-state index contributed by atoms with van der Waals surface area (Å²) in [5.41, 5.74) is 3.91. The van der Waals surface area contributed by atoms with Crippen molar-refractivity contribution in [2.75, 3.05) is 10.6 Å². The van der Waals surface area contributed by atoms with Gasteiger partial charge in [-0.2, -0.15) is 9.61 Å². The molecule has 2 aromatic heterocycles. The number of benzene rings is 2. The van der Waals surface area contributed by atoms with Gasteiger partial charge in [0.15, 0.2) is 11.4 Å². The summed E-state index contributed by atoms with van der Waals surface area (Å²) in [4.78, 5) is 40.2. The second kappa shape index (κ2) is 9.67. The second-order valence-corrected chi connectivity index (χ2v) is 9.54. The number of urea groups is 1. The van der Waals surface area contributed by atoms with Crippen LogP contribution in [0, 0.1) is 5.82 Å². The Kier molecular flexibility index (Phi) is 6.02. The van der Waals surface area contributed by atoms with E-state index >= 15 is 0 Å². The van der Waals surface area contributed by atoms with Gasteiger partial charge in [-0.3, -0.25) is 14.9 Å². The van der Waals surface area contributed by atoms with E-state index in [1.165, 1.54) is 25.1 Å². The second-order valence-electron chi connectivity index (χ2n) is 9.54. The van der Waals surface area contributed by atoms with E-state index in [1.807, 2.05) is 12.1 Å². The van der Waals surface area contributed by atoms with Crippen molar-refractivity contribution in [3.05, 3.63) is 82.9 Å². The number of carbonyl (C=O) groups is 3. The fraction of sp³-hybridized carbons (Fsp3) is 0.179. The summed E-state index contributed by atoms with van der Waals surface area (Å²) >= 11 is 0. The molecule has 1 aliphatic carbocycles. The van der Waals surface area contributed by atoms with E-state index in [1.54, 1.807) is 35.0 Å². The summed E-state index contributed by atoms with van der Waals surface area (Å²) in [5.74, 6) is 0.295. The first kappa shape index (κ1) is 24.3. The molecule has 11 heteroatoms. The Hall–Kier alpha value is -5.06. The summed E-state index contributed by atoms with van der Waals surface area (Å²) in [6.45, 7) is 1.82. The van der Waals surface area contributed by atoms with Gasteiger partial charge in [-0.1, -0.05) is 24.3 Å². The lowest BCUT2D eigenvalue weighted by Crippen LogP contribution is -2.22. The van der Waals surface area contributed by atoms with Crippen LogP contribution in [0.5, 0.6) is 0 Å². The molecular formula is C28H24FN7O3. The van der Waals surface area contributed by atoms with Crippen molar-refractivity contribution in [3.63, 3.8) is 0 Å². The van der Waals surface area contributed by atoms with Gasteiger partial charge in [-0.05, 0) is 60.7 Å². The van der Waals surface area contributed by atoms with Crippen LogP contribution in [0.1, 0.15) is 41.3 Å². The Morgan fingerprint density at radius 1 is 1.15 bits per heavy atom. The highest BCUT2D eigenvalue weighted by Gasteiger charge is 2.25. The van der Waals surface area contributed by atoms with Gasteiger partial charge < -0.3 is 16.0 Å². The number of aromatic nitrogens is 3. The minimum atomic E-state index is -0.585. The van der Waals surface area contributed by atoms with Crippen molar-refractivity contribution in [2.45, 2.75) is 32.4 Å². The third kappa shape index (κ3) is 5.06. The van der Waals surface area contributed by atoms with E-state index < -0.39 is 11.9 Å². The number of fused-ring (bicyclic) bond motifs is 1. The standard InChI is InChI=1S/C28H24FN7O3/c1-15(37)16-3-2-4-17(9-16)22-11-20(29)6-5-18(22)13-30-24-12-25(32-21-7-8-21)36-26(34-24)19(14-31-36)10-23-27(38)35-28(39)33-23/h2-6,9-12,14,21,32H,7-8,13H2,1H3,(H,30,34)(H2,33,35,38,39)/b23-10-. The average molecular weight is 526 g/mol. The van der Waals surface area contributed by atoms with E-state index in [9.17, 15) is 18.8 Å². The number of nitrogens with one attached hydrogen (secondary N) is 4. The Morgan fingerprint density at radius 2 is 2.00 bits per heavy atom. The predicted molar refractivity (Wildman–Crippen MR) is 143 cm³/mol. The molecule has 0 bridgehead atoms. The number of anilines is 2. The number of ketones is 1. The van der Waals surface area contributed by atoms with Crippen molar-refractivity contribution in [2.24, 2.45) is 0 Å². The topological polar surface area (TPSA) is 130 Å². The van der Waals surface area contributed by atoms with Crippen molar-refractivity contribution in [1.29, 1.82) is 0 Å². The maximum Gasteiger partial charge on any atom is 0.326 e. The predicted octanol–water partition coefficient (Wildman–Crippen LogP) is 4.10. The summed E-state index contributed by atoms with van der Waals surface area (Å²) in [7, 11) is 0. The summed E-state index contributed by atoms with van der Waals surface area (Å²) in [6, 6.07) is 13.3. The molecule has 1 saturated carbocycles. The fourth-order valence-electron chi connectivity index (χ4n) is 4.41. The quantitative estimate of drug-likeness (QED) is 0.155. The summed E-state index contributed by atoms with van der Waals surface area (Å²) in [5, 5.41) is 15.9. The number of halogens is 1. The molecule has 39 heavy (non-hydrogen) atoms. The average Bonchev–Trinajstić information content (AvgIpc) is 3.55. The first-order valence-electron chi connectivity index (χ1n) is 12.5. The molecule has 3 heterocycles. The van der Waals surface area contributed by atoms with Gasteiger partial charge in [0, 0.05) is 29.8 Å². The Labute approximate surface area is 222 Å². The van der Waals surface area contributed by atoms with E-state index in [-0.39, 0.29) is 17.3 Å². The number of nitrogens with zero attached hydrogens (tertiary/aromatic N) is 3. The highest BCUT2D eigenvalue weighted by atomic mass is 19.1. The van der Waals surface area contributed by atoms with Crippen molar-refractivity contribution in [3.8, 4) is 11.1 Å². The lowest BCUT2D eigenvalue weighted by molar-refractivity contribution is -0.115. The molecule has 2 aliphatic rings. The van der Waals surface area contributed by atoms with Crippen LogP contribution in [0.3, 0.4) is 0 Å². The van der Waals surface area contributed by atoms with Gasteiger partial charge in [-0.25, -0.2) is 14.2 Å². The van der Waals surface area contributed by atoms with Crippen LogP contribution in [0.4, 0.5) is 20.8 Å². The molecule has 1 aliphatic heterocycles. The van der Waals surface area contributed by atoms with Gasteiger partial charge in [0.25, 0.3) is 5.91 Å². The highest BCUT2D eigenvalue weighted by molar-refractivity contribution is 6.14. The molecule has 6 rings (SSSR count). The summed E-state index contributed by atoms with van der Waals surface area (Å²) < 4.78 is 15.9. The van der Waals surface area contributed by atoms with Crippen LogP contribution in [-0.4, -0.2) is 38.4 Å². The molecule has 196 valence electrons. The molecule has 4 aromatic rings. The molecule has 4 N–H and O–H groups in total. The summed E-state index contributed by atoms with van der Waals surface area (Å²) in [6.07, 6.45) is 5.21. The van der Waals surface area contributed by atoms with Gasteiger partial charge in [-0.15, -0.1) is 0 Å². The number of hydrogen-bond donors (Lipinski definition) is 4. The minimum absolute atomic E-state index is 0.0673. The van der Waals surface area contributed by atoms with E-state index in [0.717, 1.165) is 29.8 Å². The van der Waals surface area contributed by atoms with Crippen LogP contribution in [0.2, 0.25) is 0 Å². The van der Waals surface area contributed by atoms with Crippen LogP contribution < -0.4 is 21.3 Å². The first-order chi connectivity index (χ1) is 18.8. The van der Waals surface area contributed by atoms with Crippen LogP contribution in [-0.2, 0) is 11.3 Å². The maximum absolute atomic E-state index is 14.3. The van der Waals surface area contributed by atoms with Gasteiger partial charge >= 0.3 is 6.03 Å². The molecule has 0 atom stereocenters. The highest BCUT2D eigenvalue weighted by Crippen LogP contribution is 2.29. The van der Waals surface area contributed by atoms with E-state index in [2.05, 4.69) is 26.4 Å². The molecular weight excluding hydrogens is 501 g/mol. The molecule has 0 spiro atoms. The number of Topliss-reactive ketones (excluding diaryl/α,β-unsaturated/α-hetero) is 1. The largest absolute Gasteiger partial charge is 0.367 e. The SMILES string of the molecule is CC(=O)c1cccc(-c2cc(F)ccc2CNc2cc(NC3CC3)n3ncc(/C=C4\NC(=O)NC4=O)c3n2)c1. The first-order valence-corrected chi connectivity index (χ1v) is 12.5. The molecule has 1 saturated heterocycles. The van der Waals surface area contributed by atoms with Gasteiger partial charge in [0.2, 0.25) is 0 Å². The van der Waals surface area contributed by atoms with Crippen molar-refractivity contribution in [1.82, 2.24) is 25.2 Å². The smallest absolute Gasteiger partial charge is 0.326 e. The Morgan fingerprint density at radius 3 is 2.74 bits per heavy atom. The third-order valence-corrected chi connectivity index (χ3v) is 6.56. The Bertz CT molecular complexity index is 1690. The zero-order valence-corrected chi connectivity index (χ0v) is 20.9. The number of carbonyl (C=O) groups excluding carboxylic acids is 3. The normalized spacial score (nSPS) is 15.9. The number of hydrogen-bond acceptors (Lipinski definition) is 7. The minimum Gasteiger partial charge on any atom is -0.367 e. The maximum atomic E-state index is 14.3. The van der Waals surface area contributed by atoms with Gasteiger partial charge in [0.05, 0.1) is 6.20 Å². The molecule has 10 nitrogen and oxygen atoms in total. The van der Waals surface area contributed by atoms with Crippen LogP contribution in [0.15, 0.2) is 60.4 Å². The van der Waals surface area contributed by atoms with E-state index in [4.69, 9.17) is 4.98 Å². The van der Waals surface area contributed by atoms with Crippen molar-refractivity contribution >= 4 is 41.1 Å². The lowest BCUT2D eigenvalue weighted by atomic mass is 9.97. The van der Waals surface area contributed by atoms with E-state index in [0.29, 0.717) is 40.7 Å². The fourth-order valence-corrected chi connectivity index (χ4v) is 4.41. The molecule has 0 unspecified atom stereocenters. The van der Waals surface area contributed by atoms with Crippen molar-refractivity contribution < 1.29 is 18.8 Å². The zero-order chi connectivity index (χ0) is 27.1. The molecule has 2 aromatic carbocycles. The Balaban J connectivity index is 1.35. The number of amides is 3. The third-order valence-electron chi connectivity index (χ3n) is 6.56.